The Morgan fingerprint density at radius 2 is 2.47 bits per heavy atom. The highest BCUT2D eigenvalue weighted by Crippen LogP contribution is 2.26. The molecule has 82 valence electrons. The van der Waals surface area contributed by atoms with Crippen molar-refractivity contribution in [3.05, 3.63) is 6.20 Å². The fourth-order valence-electron chi connectivity index (χ4n) is 1.62. The molecule has 15 heavy (non-hydrogen) atoms. The van der Waals surface area contributed by atoms with Gasteiger partial charge in [-0.1, -0.05) is 0 Å². The van der Waals surface area contributed by atoms with Crippen molar-refractivity contribution >= 4 is 11.7 Å². The van der Waals surface area contributed by atoms with Crippen LogP contribution >= 0.6 is 0 Å². The Balaban J connectivity index is 1.95. The zero-order valence-corrected chi connectivity index (χ0v) is 8.76. The van der Waals surface area contributed by atoms with Crippen LogP contribution in [0.3, 0.4) is 0 Å². The minimum atomic E-state index is 0.0654. The summed E-state index contributed by atoms with van der Waals surface area (Å²) in [5.41, 5.74) is 5.42. The Kier molecular flexibility index (Phi) is 2.57. The van der Waals surface area contributed by atoms with E-state index < -0.39 is 0 Å². The van der Waals surface area contributed by atoms with Crippen molar-refractivity contribution in [2.45, 2.75) is 32.4 Å². The van der Waals surface area contributed by atoms with Crippen LogP contribution in [0.25, 0.3) is 0 Å². The van der Waals surface area contributed by atoms with Gasteiger partial charge in [0.1, 0.15) is 6.54 Å². The Hall–Kier alpha value is -1.59. The van der Waals surface area contributed by atoms with Gasteiger partial charge in [0.2, 0.25) is 5.91 Å². The van der Waals surface area contributed by atoms with Gasteiger partial charge in [-0.2, -0.15) is 9.90 Å². The van der Waals surface area contributed by atoms with E-state index in [0.717, 1.165) is 19.4 Å². The summed E-state index contributed by atoms with van der Waals surface area (Å²) in [4.78, 5) is 15.0. The monoisotopic (exact) mass is 209 g/mol. The largest absolute Gasteiger partial charge is 0.381 e. The zero-order chi connectivity index (χ0) is 10.8. The van der Waals surface area contributed by atoms with Crippen LogP contribution in [0.1, 0.15) is 19.8 Å². The molecule has 1 heterocycles. The molecule has 0 aliphatic heterocycles. The van der Waals surface area contributed by atoms with Crippen LogP contribution in [-0.4, -0.2) is 38.4 Å². The molecule has 0 aromatic carbocycles. The molecule has 1 aliphatic rings. The summed E-state index contributed by atoms with van der Waals surface area (Å²) < 4.78 is 0. The van der Waals surface area contributed by atoms with Crippen molar-refractivity contribution in [3.8, 4) is 0 Å². The number of hydrogen-bond donors (Lipinski definition) is 1. The van der Waals surface area contributed by atoms with Crippen LogP contribution in [0.4, 0.5) is 5.82 Å². The Bertz CT molecular complexity index is 357. The predicted octanol–water partition coefficient (Wildman–Crippen LogP) is -0.129. The first-order valence-electron chi connectivity index (χ1n) is 5.15. The summed E-state index contributed by atoms with van der Waals surface area (Å²) in [6.07, 6.45) is 3.68. The second kappa shape index (κ2) is 3.88. The molecule has 0 radical (unpaired) electrons. The average Bonchev–Trinajstić information content (AvgIpc) is 2.93. The number of aromatic nitrogens is 3. The number of nitrogens with two attached hydrogens (primary N) is 1. The van der Waals surface area contributed by atoms with Gasteiger partial charge in [-0.15, -0.1) is 5.10 Å². The number of carbonyl (C=O) groups excluding carboxylic acids is 1. The van der Waals surface area contributed by atoms with Gasteiger partial charge in [0.15, 0.2) is 5.82 Å². The summed E-state index contributed by atoms with van der Waals surface area (Å²) in [5.74, 6) is 0.410. The first kappa shape index (κ1) is 9.95. The highest BCUT2D eigenvalue weighted by atomic mass is 16.2. The molecule has 2 N–H and O–H groups in total. The lowest BCUT2D eigenvalue weighted by molar-refractivity contribution is -0.132. The molecule has 0 unspecified atom stereocenters. The normalized spacial score (nSPS) is 15.3. The van der Waals surface area contributed by atoms with Crippen LogP contribution < -0.4 is 5.73 Å². The fraction of sp³-hybridized carbons (Fsp3) is 0.667. The van der Waals surface area contributed by atoms with Gasteiger partial charge < -0.3 is 10.6 Å². The lowest BCUT2D eigenvalue weighted by Gasteiger charge is -2.19. The molecule has 1 aromatic rings. The van der Waals surface area contributed by atoms with Crippen molar-refractivity contribution in [3.63, 3.8) is 0 Å². The number of nitrogen functional groups attached to an aromatic ring is 1. The molecule has 1 saturated carbocycles. The number of rotatable bonds is 4. The molecule has 6 nitrogen and oxygen atoms in total. The molecular weight excluding hydrogens is 194 g/mol. The third kappa shape index (κ3) is 2.26. The van der Waals surface area contributed by atoms with Crippen molar-refractivity contribution in [2.24, 2.45) is 0 Å². The lowest BCUT2D eigenvalue weighted by atomic mass is 10.4. The molecule has 2 rings (SSSR count). The van der Waals surface area contributed by atoms with Crippen LogP contribution in [-0.2, 0) is 11.3 Å². The molecule has 1 aromatic heterocycles. The maximum absolute atomic E-state index is 11.8. The molecule has 0 spiro atoms. The number of carbonyl (C=O) groups is 1. The maximum Gasteiger partial charge on any atom is 0.246 e. The van der Waals surface area contributed by atoms with E-state index in [-0.39, 0.29) is 12.5 Å². The number of likely N-dealkylation sites (N-methyl/N-ethyl adjacent to an activating group) is 1. The SMILES string of the molecule is CCN(C(=O)Cn1ncc(N)n1)C1CC1. The van der Waals surface area contributed by atoms with Gasteiger partial charge in [-0.3, -0.25) is 4.79 Å². The molecule has 6 heteroatoms. The third-order valence-electron chi connectivity index (χ3n) is 2.48. The summed E-state index contributed by atoms with van der Waals surface area (Å²) in [5, 5.41) is 7.77. The molecular formula is C9H15N5O. The van der Waals surface area contributed by atoms with Crippen molar-refractivity contribution < 1.29 is 4.79 Å². The van der Waals surface area contributed by atoms with E-state index in [1.807, 2.05) is 11.8 Å². The van der Waals surface area contributed by atoms with Crippen LogP contribution in [0, 0.1) is 0 Å². The van der Waals surface area contributed by atoms with Crippen molar-refractivity contribution in [1.29, 1.82) is 0 Å². The van der Waals surface area contributed by atoms with E-state index in [1.54, 1.807) is 0 Å². The van der Waals surface area contributed by atoms with E-state index in [4.69, 9.17) is 5.73 Å². The third-order valence-corrected chi connectivity index (χ3v) is 2.48. The Morgan fingerprint density at radius 3 is 2.93 bits per heavy atom. The predicted molar refractivity (Wildman–Crippen MR) is 54.8 cm³/mol. The van der Waals surface area contributed by atoms with Crippen molar-refractivity contribution in [1.82, 2.24) is 19.9 Å². The van der Waals surface area contributed by atoms with Gasteiger partial charge in [-0.05, 0) is 19.8 Å². The van der Waals surface area contributed by atoms with Gasteiger partial charge >= 0.3 is 0 Å². The first-order chi connectivity index (χ1) is 7.20. The summed E-state index contributed by atoms with van der Waals surface area (Å²) in [6, 6.07) is 0.440. The number of hydrogen-bond acceptors (Lipinski definition) is 4. The molecule has 1 aliphatic carbocycles. The van der Waals surface area contributed by atoms with Crippen LogP contribution in [0.15, 0.2) is 6.20 Å². The van der Waals surface area contributed by atoms with Gasteiger partial charge in [0, 0.05) is 12.6 Å². The van der Waals surface area contributed by atoms with Gasteiger partial charge in [0.25, 0.3) is 0 Å². The number of anilines is 1. The first-order valence-corrected chi connectivity index (χ1v) is 5.15. The smallest absolute Gasteiger partial charge is 0.246 e. The minimum Gasteiger partial charge on any atom is -0.381 e. The zero-order valence-electron chi connectivity index (χ0n) is 8.76. The van der Waals surface area contributed by atoms with E-state index in [0.29, 0.717) is 11.9 Å². The highest BCUT2D eigenvalue weighted by Gasteiger charge is 2.31. The van der Waals surface area contributed by atoms with E-state index >= 15 is 0 Å². The molecule has 0 atom stereocenters. The average molecular weight is 209 g/mol. The van der Waals surface area contributed by atoms with Crippen LogP contribution in [0.5, 0.6) is 0 Å². The minimum absolute atomic E-state index is 0.0654. The summed E-state index contributed by atoms with van der Waals surface area (Å²) in [6.45, 7) is 2.92. The van der Waals surface area contributed by atoms with E-state index in [2.05, 4.69) is 10.2 Å². The summed E-state index contributed by atoms with van der Waals surface area (Å²) in [7, 11) is 0. The lowest BCUT2D eigenvalue weighted by Crippen LogP contribution is -2.36. The standard InChI is InChI=1S/C9H15N5O/c1-2-13(7-3-4-7)9(15)6-14-11-5-8(10)12-14/h5,7H,2-4,6H2,1H3,(H2,10,12). The number of amides is 1. The molecule has 0 saturated heterocycles. The van der Waals surface area contributed by atoms with Gasteiger partial charge in [0.05, 0.1) is 6.20 Å². The molecule has 1 amide bonds. The quantitative estimate of drug-likeness (QED) is 0.749. The second-order valence-corrected chi connectivity index (χ2v) is 3.71. The fourth-order valence-corrected chi connectivity index (χ4v) is 1.62. The summed E-state index contributed by atoms with van der Waals surface area (Å²) >= 11 is 0. The maximum atomic E-state index is 11.8. The molecule has 1 fully saturated rings. The second-order valence-electron chi connectivity index (χ2n) is 3.71. The van der Waals surface area contributed by atoms with E-state index in [9.17, 15) is 4.79 Å². The van der Waals surface area contributed by atoms with Gasteiger partial charge in [-0.25, -0.2) is 0 Å². The molecule has 0 bridgehead atoms. The van der Waals surface area contributed by atoms with Crippen molar-refractivity contribution in [2.75, 3.05) is 12.3 Å². The Labute approximate surface area is 88.0 Å². The Morgan fingerprint density at radius 1 is 1.73 bits per heavy atom. The topological polar surface area (TPSA) is 77.0 Å². The number of nitrogens with zero attached hydrogens (tertiary/aromatic N) is 4. The highest BCUT2D eigenvalue weighted by molar-refractivity contribution is 5.76. The van der Waals surface area contributed by atoms with E-state index in [1.165, 1.54) is 11.0 Å². The van der Waals surface area contributed by atoms with Crippen LogP contribution in [0.2, 0.25) is 0 Å².